The van der Waals surface area contributed by atoms with E-state index in [4.69, 9.17) is 0 Å². The summed E-state index contributed by atoms with van der Waals surface area (Å²) < 4.78 is 77.4. The van der Waals surface area contributed by atoms with Gasteiger partial charge in [0.25, 0.3) is 20.2 Å². The van der Waals surface area contributed by atoms with Crippen LogP contribution in [-0.2, 0) is 24.8 Å². The van der Waals surface area contributed by atoms with E-state index in [1.165, 1.54) is 24.3 Å². The van der Waals surface area contributed by atoms with E-state index in [0.717, 1.165) is 12.1 Å². The minimum absolute atomic E-state index is 0.0235. The van der Waals surface area contributed by atoms with Crippen LogP contribution in [0, 0.1) is 6.92 Å². The van der Waals surface area contributed by atoms with Crippen molar-refractivity contribution in [3.05, 3.63) is 48.2 Å². The Kier molecular flexibility index (Phi) is 8.86. The van der Waals surface area contributed by atoms with Crippen LogP contribution in [0.2, 0.25) is 0 Å². The van der Waals surface area contributed by atoms with Crippen LogP contribution in [0.4, 0.5) is 28.8 Å². The lowest BCUT2D eigenvalue weighted by atomic mass is 10.3. The number of nitrogens with one attached hydrogen (secondary N) is 1. The molecule has 0 radical (unpaired) electrons. The molecule has 1 heterocycles. The molecular weight excluding hydrogens is 575 g/mol. The molecule has 0 saturated heterocycles. The van der Waals surface area contributed by atoms with Crippen LogP contribution in [0.5, 0.6) is 0 Å². The van der Waals surface area contributed by atoms with E-state index in [1.54, 1.807) is 6.92 Å². The summed E-state index contributed by atoms with van der Waals surface area (Å²) in [6, 6.07) is 7.61. The van der Waals surface area contributed by atoms with Crippen LogP contribution in [0.1, 0.15) is 19.5 Å². The standard InChI is InChI=1S/C21H25N6O9PS2/c1-4-27(5-2)21-22-13(3)19(20(24-21)23-14-7-6-8-15(11-14)37(28,29)30)26-25-17-12-16(38(31,32)33)9-10-18(17)39(34,35)36/h6-12H,4-5H2,1-3H3,(H,22,23,24)(H2,28,29,30)(H,31,32,33)(H,34,35,36)/b26-25+. The lowest BCUT2D eigenvalue weighted by molar-refractivity contribution is 0.387. The minimum Gasteiger partial charge on any atom is -0.341 e. The van der Waals surface area contributed by atoms with Gasteiger partial charge >= 0.3 is 7.60 Å². The summed E-state index contributed by atoms with van der Waals surface area (Å²) in [6.45, 7) is 6.41. The Labute approximate surface area is 224 Å². The number of anilines is 3. The van der Waals surface area contributed by atoms with Gasteiger partial charge in [0.2, 0.25) is 5.95 Å². The van der Waals surface area contributed by atoms with E-state index in [1.807, 2.05) is 18.7 Å². The highest BCUT2D eigenvalue weighted by Gasteiger charge is 2.22. The summed E-state index contributed by atoms with van der Waals surface area (Å²) in [5.74, 6) is 0.312. The quantitative estimate of drug-likeness (QED) is 0.128. The number of benzene rings is 2. The lowest BCUT2D eigenvalue weighted by Gasteiger charge is -2.21. The third-order valence-corrected chi connectivity index (χ3v) is 8.00. The van der Waals surface area contributed by atoms with Gasteiger partial charge in [-0.2, -0.15) is 21.8 Å². The van der Waals surface area contributed by atoms with Crippen molar-refractivity contribution < 1.29 is 40.3 Å². The van der Waals surface area contributed by atoms with Crippen molar-refractivity contribution in [1.82, 2.24) is 9.97 Å². The van der Waals surface area contributed by atoms with Gasteiger partial charge in [-0.05, 0) is 57.2 Å². The van der Waals surface area contributed by atoms with E-state index in [0.29, 0.717) is 19.2 Å². The largest absolute Gasteiger partial charge is 0.356 e. The lowest BCUT2D eigenvalue weighted by Crippen LogP contribution is -2.24. The zero-order valence-corrected chi connectivity index (χ0v) is 23.3. The molecule has 39 heavy (non-hydrogen) atoms. The second-order valence-electron chi connectivity index (χ2n) is 7.98. The van der Waals surface area contributed by atoms with Gasteiger partial charge in [-0.25, -0.2) is 4.98 Å². The molecule has 3 rings (SSSR count). The number of azo groups is 1. The van der Waals surface area contributed by atoms with E-state index in [2.05, 4.69) is 25.5 Å². The van der Waals surface area contributed by atoms with Crippen LogP contribution >= 0.6 is 7.60 Å². The molecule has 3 aromatic rings. The average Bonchev–Trinajstić information content (AvgIpc) is 2.82. The number of hydrogen-bond donors (Lipinski definition) is 5. The summed E-state index contributed by atoms with van der Waals surface area (Å²) in [6.07, 6.45) is 0. The summed E-state index contributed by atoms with van der Waals surface area (Å²) >= 11 is 0. The van der Waals surface area contributed by atoms with Crippen molar-refractivity contribution in [2.45, 2.75) is 30.6 Å². The van der Waals surface area contributed by atoms with Gasteiger partial charge in [0.1, 0.15) is 16.3 Å². The molecule has 0 unspecified atom stereocenters. The summed E-state index contributed by atoms with van der Waals surface area (Å²) in [5.41, 5.74) is -0.160. The summed E-state index contributed by atoms with van der Waals surface area (Å²) in [7, 11) is -14.2. The first-order chi connectivity index (χ1) is 18.0. The zero-order chi connectivity index (χ0) is 29.2. The molecule has 15 nitrogen and oxygen atoms in total. The topological polar surface area (TPSA) is 232 Å². The van der Waals surface area contributed by atoms with Gasteiger partial charge < -0.3 is 20.0 Å². The molecule has 0 amide bonds. The molecule has 5 N–H and O–H groups in total. The number of aryl methyl sites for hydroxylation is 1. The first-order valence-corrected chi connectivity index (χ1v) is 15.6. The van der Waals surface area contributed by atoms with Crippen molar-refractivity contribution in [2.24, 2.45) is 10.2 Å². The second kappa shape index (κ2) is 11.4. The van der Waals surface area contributed by atoms with Crippen LogP contribution < -0.4 is 15.5 Å². The molecule has 0 bridgehead atoms. The molecular formula is C21H25N6O9PS2. The smallest absolute Gasteiger partial charge is 0.341 e. The minimum atomic E-state index is -4.87. The summed E-state index contributed by atoms with van der Waals surface area (Å²) in [5, 5.41) is 10.5. The highest BCUT2D eigenvalue weighted by Crippen LogP contribution is 2.37. The molecule has 0 aliphatic heterocycles. The Balaban J connectivity index is 2.21. The number of nitrogens with zero attached hydrogens (tertiary/aromatic N) is 5. The van der Waals surface area contributed by atoms with E-state index >= 15 is 0 Å². The molecule has 2 aromatic carbocycles. The van der Waals surface area contributed by atoms with E-state index in [-0.39, 0.29) is 34.1 Å². The molecule has 0 spiro atoms. The Morgan fingerprint density at radius 1 is 0.949 bits per heavy atom. The average molecular weight is 601 g/mol. The van der Waals surface area contributed by atoms with Gasteiger partial charge in [0, 0.05) is 18.8 Å². The summed E-state index contributed by atoms with van der Waals surface area (Å²) in [4.78, 5) is 28.3. The third kappa shape index (κ3) is 7.42. The van der Waals surface area contributed by atoms with Crippen LogP contribution in [0.3, 0.4) is 0 Å². The molecule has 18 heteroatoms. The number of hydrogen-bond acceptors (Lipinski definition) is 11. The zero-order valence-electron chi connectivity index (χ0n) is 20.8. The molecule has 1 aromatic heterocycles. The Hall–Kier alpha value is -3.31. The Morgan fingerprint density at radius 2 is 1.62 bits per heavy atom. The van der Waals surface area contributed by atoms with Gasteiger partial charge in [-0.1, -0.05) is 6.07 Å². The third-order valence-electron chi connectivity index (χ3n) is 5.30. The van der Waals surface area contributed by atoms with Gasteiger partial charge in [0.05, 0.1) is 15.9 Å². The van der Waals surface area contributed by atoms with Crippen molar-refractivity contribution >= 4 is 62.0 Å². The first-order valence-electron chi connectivity index (χ1n) is 11.1. The van der Waals surface area contributed by atoms with Crippen LogP contribution in [0.25, 0.3) is 0 Å². The Bertz CT molecular complexity index is 1690. The molecule has 210 valence electrons. The number of aromatic nitrogens is 2. The maximum Gasteiger partial charge on any atom is 0.356 e. The van der Waals surface area contributed by atoms with Gasteiger partial charge in [-0.3, -0.25) is 13.7 Å². The van der Waals surface area contributed by atoms with Gasteiger partial charge in [0.15, 0.2) is 5.82 Å². The molecule has 0 saturated carbocycles. The predicted octanol–water partition coefficient (Wildman–Crippen LogP) is 3.09. The molecule has 0 fully saturated rings. The SMILES string of the molecule is CCN(CC)c1nc(C)c(/N=N/c2cc(S(=O)(=O)O)ccc2S(=O)(=O)O)c(Nc2cccc(P(=O)(O)O)c2)n1. The highest BCUT2D eigenvalue weighted by atomic mass is 32.2. The maximum absolute atomic E-state index is 11.8. The second-order valence-corrected chi connectivity index (χ2v) is 12.4. The monoisotopic (exact) mass is 600 g/mol. The van der Waals surface area contributed by atoms with Crippen LogP contribution in [0.15, 0.2) is 62.5 Å². The molecule has 0 aliphatic rings. The highest BCUT2D eigenvalue weighted by molar-refractivity contribution is 7.86. The van der Waals surface area contributed by atoms with Crippen molar-refractivity contribution in [3.8, 4) is 0 Å². The maximum atomic E-state index is 11.8. The van der Waals surface area contributed by atoms with E-state index in [9.17, 15) is 40.3 Å². The van der Waals surface area contributed by atoms with E-state index < -0.39 is 43.3 Å². The number of rotatable bonds is 10. The van der Waals surface area contributed by atoms with Gasteiger partial charge in [-0.15, -0.1) is 10.2 Å². The van der Waals surface area contributed by atoms with Crippen molar-refractivity contribution in [1.29, 1.82) is 0 Å². The van der Waals surface area contributed by atoms with Crippen LogP contribution in [-0.4, -0.2) is 58.8 Å². The first kappa shape index (κ1) is 30.2. The normalized spacial score (nSPS) is 12.6. The Morgan fingerprint density at radius 3 is 2.18 bits per heavy atom. The van der Waals surface area contributed by atoms with Crippen molar-refractivity contribution in [2.75, 3.05) is 23.3 Å². The fourth-order valence-electron chi connectivity index (χ4n) is 3.37. The predicted molar refractivity (Wildman–Crippen MR) is 142 cm³/mol. The molecule has 0 aliphatic carbocycles. The molecule has 0 atom stereocenters. The van der Waals surface area contributed by atoms with Crippen molar-refractivity contribution in [3.63, 3.8) is 0 Å². The fourth-order valence-corrected chi connectivity index (χ4v) is 5.06. The fraction of sp³-hybridized carbons (Fsp3) is 0.238.